The third kappa shape index (κ3) is 2.54. The highest BCUT2D eigenvalue weighted by Gasteiger charge is 2.39. The minimum Gasteiger partial charge on any atom is -0.497 e. The van der Waals surface area contributed by atoms with Crippen LogP contribution in [0, 0.1) is 6.92 Å². The number of pyridine rings is 1. The molecule has 0 saturated carbocycles. The average Bonchev–Trinajstić information content (AvgIpc) is 2.99. The van der Waals surface area contributed by atoms with Gasteiger partial charge < -0.3 is 14.4 Å². The van der Waals surface area contributed by atoms with E-state index in [1.807, 2.05) is 18.2 Å². The first-order chi connectivity index (χ1) is 11.2. The number of hydrogen-bond donors (Lipinski definition) is 0. The number of likely N-dealkylation sites (N-methyl/N-ethyl adjacent to an activating group) is 1. The lowest BCUT2D eigenvalue weighted by Gasteiger charge is -2.33. The Morgan fingerprint density at radius 3 is 2.91 bits per heavy atom. The molecule has 0 radical (unpaired) electrons. The molecule has 2 aliphatic heterocycles. The first-order valence-electron chi connectivity index (χ1n) is 8.18. The van der Waals surface area contributed by atoms with Crippen LogP contribution in [0.5, 0.6) is 5.75 Å². The molecule has 2 aromatic rings. The van der Waals surface area contributed by atoms with Gasteiger partial charge in [-0.15, -0.1) is 0 Å². The van der Waals surface area contributed by atoms with Crippen LogP contribution in [0.1, 0.15) is 5.56 Å². The number of aryl methyl sites for hydroxylation is 1. The van der Waals surface area contributed by atoms with Gasteiger partial charge in [0, 0.05) is 25.0 Å². The molecule has 1 aromatic heterocycles. The summed E-state index contributed by atoms with van der Waals surface area (Å²) >= 11 is 0. The summed E-state index contributed by atoms with van der Waals surface area (Å²) in [5.74, 6) is 1.95. The second-order valence-corrected chi connectivity index (χ2v) is 6.55. The van der Waals surface area contributed by atoms with E-state index in [0.29, 0.717) is 12.1 Å². The van der Waals surface area contributed by atoms with Crippen molar-refractivity contribution in [2.75, 3.05) is 45.3 Å². The van der Waals surface area contributed by atoms with Gasteiger partial charge in [-0.1, -0.05) is 0 Å². The summed E-state index contributed by atoms with van der Waals surface area (Å²) in [6.07, 6.45) is 0.293. The van der Waals surface area contributed by atoms with Gasteiger partial charge in [0.1, 0.15) is 11.6 Å². The topological polar surface area (TPSA) is 37.8 Å². The highest BCUT2D eigenvalue weighted by atomic mass is 16.5. The second-order valence-electron chi connectivity index (χ2n) is 6.55. The summed E-state index contributed by atoms with van der Waals surface area (Å²) < 4.78 is 11.3. The number of hydrogen-bond acceptors (Lipinski definition) is 5. The third-order valence-corrected chi connectivity index (χ3v) is 5.06. The maximum absolute atomic E-state index is 5.95. The fourth-order valence-corrected chi connectivity index (χ4v) is 3.73. The number of aromatic nitrogens is 1. The standard InChI is InChI=1S/C18H23N3O2/c1-12-8-13-9-14(22-3)4-5-15(13)19-18(12)21-10-16-17(11-21)23-7-6-20(16)2/h4-5,8-9,16-17H,6-7,10-11H2,1-3H3/t16-,17-/m0/s1. The van der Waals surface area contributed by atoms with E-state index in [9.17, 15) is 0 Å². The molecule has 2 saturated heterocycles. The Morgan fingerprint density at radius 1 is 1.26 bits per heavy atom. The number of rotatable bonds is 2. The van der Waals surface area contributed by atoms with Crippen molar-refractivity contribution < 1.29 is 9.47 Å². The second kappa shape index (κ2) is 5.65. The number of anilines is 1. The fourth-order valence-electron chi connectivity index (χ4n) is 3.73. The minimum absolute atomic E-state index is 0.293. The Hall–Kier alpha value is -1.85. The first-order valence-corrected chi connectivity index (χ1v) is 8.18. The van der Waals surface area contributed by atoms with Crippen molar-refractivity contribution in [3.8, 4) is 5.75 Å². The number of fused-ring (bicyclic) bond motifs is 2. The van der Waals surface area contributed by atoms with Crippen LogP contribution < -0.4 is 9.64 Å². The van der Waals surface area contributed by atoms with Gasteiger partial charge in [0.25, 0.3) is 0 Å². The summed E-state index contributed by atoms with van der Waals surface area (Å²) in [4.78, 5) is 9.69. The molecule has 5 nitrogen and oxygen atoms in total. The van der Waals surface area contributed by atoms with Gasteiger partial charge in [0.2, 0.25) is 0 Å². The smallest absolute Gasteiger partial charge is 0.132 e. The number of morpholine rings is 1. The molecule has 0 amide bonds. The monoisotopic (exact) mass is 313 g/mol. The van der Waals surface area contributed by atoms with Gasteiger partial charge in [0.05, 0.1) is 31.4 Å². The van der Waals surface area contributed by atoms with E-state index in [-0.39, 0.29) is 0 Å². The zero-order chi connectivity index (χ0) is 16.0. The SMILES string of the molecule is COc1ccc2nc(N3C[C@@H]4OCCN(C)[C@H]4C3)c(C)cc2c1. The Kier molecular flexibility index (Phi) is 3.62. The molecule has 0 aliphatic carbocycles. The van der Waals surface area contributed by atoms with E-state index in [0.717, 1.165) is 48.7 Å². The average molecular weight is 313 g/mol. The Bertz CT molecular complexity index is 734. The van der Waals surface area contributed by atoms with Crippen molar-refractivity contribution in [2.24, 2.45) is 0 Å². The van der Waals surface area contributed by atoms with Gasteiger partial charge in [-0.05, 0) is 43.8 Å². The molecule has 2 aliphatic rings. The van der Waals surface area contributed by atoms with E-state index in [2.05, 4.69) is 29.8 Å². The molecule has 0 bridgehead atoms. The van der Waals surface area contributed by atoms with Crippen LogP contribution in [-0.2, 0) is 4.74 Å². The highest BCUT2D eigenvalue weighted by Crippen LogP contribution is 2.30. The summed E-state index contributed by atoms with van der Waals surface area (Å²) in [6.45, 7) is 5.88. The van der Waals surface area contributed by atoms with Crippen molar-refractivity contribution >= 4 is 16.7 Å². The molecular formula is C18H23N3O2. The Labute approximate surface area is 136 Å². The van der Waals surface area contributed by atoms with Crippen molar-refractivity contribution in [1.29, 1.82) is 0 Å². The van der Waals surface area contributed by atoms with Crippen molar-refractivity contribution in [2.45, 2.75) is 19.1 Å². The molecule has 23 heavy (non-hydrogen) atoms. The van der Waals surface area contributed by atoms with E-state index < -0.39 is 0 Å². The predicted molar refractivity (Wildman–Crippen MR) is 91.4 cm³/mol. The summed E-state index contributed by atoms with van der Waals surface area (Å²) in [5, 5.41) is 1.12. The molecule has 2 atom stereocenters. The Morgan fingerprint density at radius 2 is 2.13 bits per heavy atom. The van der Waals surface area contributed by atoms with Crippen molar-refractivity contribution in [3.63, 3.8) is 0 Å². The lowest BCUT2D eigenvalue weighted by atomic mass is 10.1. The molecule has 0 N–H and O–H groups in total. The molecule has 122 valence electrons. The Balaban J connectivity index is 1.68. The van der Waals surface area contributed by atoms with Crippen molar-refractivity contribution in [1.82, 2.24) is 9.88 Å². The molecule has 0 unspecified atom stereocenters. The number of methoxy groups -OCH3 is 1. The van der Waals surface area contributed by atoms with Crippen molar-refractivity contribution in [3.05, 3.63) is 29.8 Å². The zero-order valence-corrected chi connectivity index (χ0v) is 14.0. The maximum atomic E-state index is 5.95. The summed E-state index contributed by atoms with van der Waals surface area (Å²) in [7, 11) is 3.88. The van der Waals surface area contributed by atoms with E-state index in [1.165, 1.54) is 5.56 Å². The van der Waals surface area contributed by atoms with Gasteiger partial charge in [0.15, 0.2) is 0 Å². The van der Waals surface area contributed by atoms with Gasteiger partial charge in [-0.25, -0.2) is 4.98 Å². The predicted octanol–water partition coefficient (Wildman–Crippen LogP) is 2.07. The van der Waals surface area contributed by atoms with Crippen LogP contribution in [0.3, 0.4) is 0 Å². The molecule has 2 fully saturated rings. The first kappa shape index (κ1) is 14.7. The van der Waals surface area contributed by atoms with Crippen LogP contribution in [-0.4, -0.2) is 62.4 Å². The van der Waals surface area contributed by atoms with Crippen LogP contribution >= 0.6 is 0 Å². The largest absolute Gasteiger partial charge is 0.497 e. The fraction of sp³-hybridized carbons (Fsp3) is 0.500. The summed E-state index contributed by atoms with van der Waals surface area (Å²) in [6, 6.07) is 8.71. The third-order valence-electron chi connectivity index (χ3n) is 5.06. The van der Waals surface area contributed by atoms with Crippen LogP contribution in [0.25, 0.3) is 10.9 Å². The van der Waals surface area contributed by atoms with E-state index in [4.69, 9.17) is 14.5 Å². The maximum Gasteiger partial charge on any atom is 0.132 e. The van der Waals surface area contributed by atoms with Crippen LogP contribution in [0.15, 0.2) is 24.3 Å². The van der Waals surface area contributed by atoms with E-state index in [1.54, 1.807) is 7.11 Å². The molecular weight excluding hydrogens is 290 g/mol. The molecule has 4 rings (SSSR count). The highest BCUT2D eigenvalue weighted by molar-refractivity contribution is 5.83. The molecule has 3 heterocycles. The number of ether oxygens (including phenoxy) is 2. The van der Waals surface area contributed by atoms with Crippen LogP contribution in [0.4, 0.5) is 5.82 Å². The van der Waals surface area contributed by atoms with Gasteiger partial charge in [-0.3, -0.25) is 4.90 Å². The summed E-state index contributed by atoms with van der Waals surface area (Å²) in [5.41, 5.74) is 2.21. The minimum atomic E-state index is 0.293. The van der Waals surface area contributed by atoms with Crippen LogP contribution in [0.2, 0.25) is 0 Å². The quantitative estimate of drug-likeness (QED) is 0.848. The van der Waals surface area contributed by atoms with E-state index >= 15 is 0 Å². The van der Waals surface area contributed by atoms with Gasteiger partial charge >= 0.3 is 0 Å². The molecule has 1 aromatic carbocycles. The van der Waals surface area contributed by atoms with Gasteiger partial charge in [-0.2, -0.15) is 0 Å². The lowest BCUT2D eigenvalue weighted by molar-refractivity contribution is -0.0362. The molecule has 0 spiro atoms. The normalized spacial score (nSPS) is 24.9. The molecule has 5 heteroatoms. The number of benzene rings is 1. The number of nitrogens with zero attached hydrogens (tertiary/aromatic N) is 3. The zero-order valence-electron chi connectivity index (χ0n) is 14.0. The lowest BCUT2D eigenvalue weighted by Crippen LogP contribution is -2.48.